The lowest BCUT2D eigenvalue weighted by molar-refractivity contribution is 0.673. The monoisotopic (exact) mass is 663 g/mol. The number of hydrogen-bond acceptors (Lipinski definition) is 2. The summed E-state index contributed by atoms with van der Waals surface area (Å²) >= 11 is 0. The van der Waals surface area contributed by atoms with E-state index in [0.717, 1.165) is 55.5 Å². The molecule has 1 heterocycles. The highest BCUT2D eigenvalue weighted by Gasteiger charge is 2.19. The SMILES string of the molecule is c1ccc(-c2ccc(N(c3ccc(-c4cccc5oc6c7ccccc7c(-c7ccccc7)cc6c45)cc3)c3cccc4ccccc34)cc2)cc1. The van der Waals surface area contributed by atoms with Gasteiger partial charge in [0.25, 0.3) is 0 Å². The molecule has 0 amide bonds. The average molecular weight is 664 g/mol. The number of benzene rings is 9. The van der Waals surface area contributed by atoms with E-state index in [1.54, 1.807) is 0 Å². The fourth-order valence-electron chi connectivity index (χ4n) is 7.80. The lowest BCUT2D eigenvalue weighted by Gasteiger charge is -2.27. The van der Waals surface area contributed by atoms with Crippen molar-refractivity contribution in [3.63, 3.8) is 0 Å². The van der Waals surface area contributed by atoms with Gasteiger partial charge in [0.15, 0.2) is 0 Å². The third-order valence-electron chi connectivity index (χ3n) is 10.3. The Morgan fingerprint density at radius 3 is 1.62 bits per heavy atom. The Morgan fingerprint density at radius 1 is 0.346 bits per heavy atom. The van der Waals surface area contributed by atoms with Gasteiger partial charge >= 0.3 is 0 Å². The maximum atomic E-state index is 6.67. The number of rotatable bonds is 6. The van der Waals surface area contributed by atoms with Gasteiger partial charge in [-0.25, -0.2) is 0 Å². The molecular formula is C50H33NO. The van der Waals surface area contributed by atoms with Crippen LogP contribution in [0.5, 0.6) is 0 Å². The largest absolute Gasteiger partial charge is 0.455 e. The smallest absolute Gasteiger partial charge is 0.143 e. The summed E-state index contributed by atoms with van der Waals surface area (Å²) in [5.41, 5.74) is 12.3. The standard InChI is InChI=1S/C50H33NO/c1-3-13-34(14-4-1)35-25-29-39(30-26-35)51(47-23-11-18-36-17-7-8-19-41(36)47)40-31-27-38(28-32-40)42-22-12-24-48-49(42)46-33-45(37-15-5-2-6-16-37)43-20-9-10-21-44(43)50(46)52-48/h1-33H. The van der Waals surface area contributed by atoms with Gasteiger partial charge in [-0.2, -0.15) is 0 Å². The highest BCUT2D eigenvalue weighted by molar-refractivity contribution is 6.22. The van der Waals surface area contributed by atoms with E-state index < -0.39 is 0 Å². The van der Waals surface area contributed by atoms with Crippen molar-refractivity contribution in [2.45, 2.75) is 0 Å². The van der Waals surface area contributed by atoms with Crippen molar-refractivity contribution >= 4 is 60.5 Å². The molecular weight excluding hydrogens is 631 g/mol. The molecule has 0 bridgehead atoms. The highest BCUT2D eigenvalue weighted by atomic mass is 16.3. The molecule has 0 radical (unpaired) electrons. The predicted octanol–water partition coefficient (Wildman–Crippen LogP) is 14.4. The van der Waals surface area contributed by atoms with Crippen LogP contribution >= 0.6 is 0 Å². The first kappa shape index (κ1) is 30.0. The van der Waals surface area contributed by atoms with Crippen LogP contribution in [-0.4, -0.2) is 0 Å². The summed E-state index contributed by atoms with van der Waals surface area (Å²) in [6, 6.07) is 71.5. The lowest BCUT2D eigenvalue weighted by atomic mass is 9.93. The van der Waals surface area contributed by atoms with Crippen molar-refractivity contribution < 1.29 is 4.42 Å². The van der Waals surface area contributed by atoms with Crippen LogP contribution in [0.4, 0.5) is 17.1 Å². The summed E-state index contributed by atoms with van der Waals surface area (Å²) in [7, 11) is 0. The first-order chi connectivity index (χ1) is 25.8. The van der Waals surface area contributed by atoms with Gasteiger partial charge in [-0.1, -0.05) is 158 Å². The average Bonchev–Trinajstić information content (AvgIpc) is 3.61. The van der Waals surface area contributed by atoms with Gasteiger partial charge in [0, 0.05) is 32.9 Å². The second kappa shape index (κ2) is 12.5. The van der Waals surface area contributed by atoms with Crippen molar-refractivity contribution in [2.75, 3.05) is 4.90 Å². The molecule has 0 fully saturated rings. The Morgan fingerprint density at radius 2 is 0.885 bits per heavy atom. The van der Waals surface area contributed by atoms with Crippen LogP contribution in [0.15, 0.2) is 205 Å². The van der Waals surface area contributed by atoms with E-state index in [0.29, 0.717) is 0 Å². The molecule has 0 atom stereocenters. The molecule has 0 saturated carbocycles. The van der Waals surface area contributed by atoms with Crippen LogP contribution in [0.3, 0.4) is 0 Å². The van der Waals surface area contributed by atoms with Crippen molar-refractivity contribution in [1.82, 2.24) is 0 Å². The minimum atomic E-state index is 0.892. The maximum absolute atomic E-state index is 6.67. The van der Waals surface area contributed by atoms with Crippen LogP contribution < -0.4 is 4.90 Å². The number of furan rings is 1. The van der Waals surface area contributed by atoms with E-state index in [-0.39, 0.29) is 0 Å². The quantitative estimate of drug-likeness (QED) is 0.176. The summed E-state index contributed by atoms with van der Waals surface area (Å²) in [6.07, 6.45) is 0. The normalized spacial score (nSPS) is 11.5. The lowest BCUT2D eigenvalue weighted by Crippen LogP contribution is -2.10. The van der Waals surface area contributed by atoms with Crippen molar-refractivity contribution in [2.24, 2.45) is 0 Å². The number of nitrogens with zero attached hydrogens (tertiary/aromatic N) is 1. The molecule has 0 aliphatic heterocycles. The third-order valence-corrected chi connectivity index (χ3v) is 10.3. The minimum Gasteiger partial charge on any atom is -0.455 e. The Kier molecular flexibility index (Phi) is 7.18. The Balaban J connectivity index is 1.12. The zero-order valence-electron chi connectivity index (χ0n) is 28.4. The van der Waals surface area contributed by atoms with Gasteiger partial charge < -0.3 is 9.32 Å². The van der Waals surface area contributed by atoms with Gasteiger partial charge in [0.2, 0.25) is 0 Å². The molecule has 0 aliphatic rings. The zero-order valence-corrected chi connectivity index (χ0v) is 28.4. The maximum Gasteiger partial charge on any atom is 0.143 e. The summed E-state index contributed by atoms with van der Waals surface area (Å²) in [4.78, 5) is 2.37. The van der Waals surface area contributed by atoms with Crippen molar-refractivity contribution in [3.8, 4) is 33.4 Å². The molecule has 52 heavy (non-hydrogen) atoms. The molecule has 0 aliphatic carbocycles. The van der Waals surface area contributed by atoms with Gasteiger partial charge in [-0.3, -0.25) is 0 Å². The summed E-state index contributed by atoms with van der Waals surface area (Å²) in [5.74, 6) is 0. The van der Waals surface area contributed by atoms with Crippen LogP contribution in [0, 0.1) is 0 Å². The molecule has 0 N–H and O–H groups in total. The van der Waals surface area contributed by atoms with Gasteiger partial charge in [-0.05, 0) is 86.6 Å². The molecule has 2 nitrogen and oxygen atoms in total. The van der Waals surface area contributed by atoms with Gasteiger partial charge in [-0.15, -0.1) is 0 Å². The summed E-state index contributed by atoms with van der Waals surface area (Å²) in [6.45, 7) is 0. The fourth-order valence-corrected chi connectivity index (χ4v) is 7.80. The van der Waals surface area contributed by atoms with Gasteiger partial charge in [0.1, 0.15) is 11.2 Å². The molecule has 10 aromatic rings. The van der Waals surface area contributed by atoms with Crippen molar-refractivity contribution in [3.05, 3.63) is 200 Å². The second-order valence-electron chi connectivity index (χ2n) is 13.3. The predicted molar refractivity (Wildman–Crippen MR) is 220 cm³/mol. The van der Waals surface area contributed by atoms with E-state index in [2.05, 4.69) is 205 Å². The van der Waals surface area contributed by atoms with Crippen molar-refractivity contribution in [1.29, 1.82) is 0 Å². The van der Waals surface area contributed by atoms with E-state index in [1.165, 1.54) is 38.4 Å². The van der Waals surface area contributed by atoms with E-state index >= 15 is 0 Å². The Hall–Kier alpha value is -6.90. The van der Waals surface area contributed by atoms with Gasteiger partial charge in [0.05, 0.1) is 5.69 Å². The highest BCUT2D eigenvalue weighted by Crippen LogP contribution is 2.44. The van der Waals surface area contributed by atoms with E-state index in [9.17, 15) is 0 Å². The molecule has 2 heteroatoms. The first-order valence-corrected chi connectivity index (χ1v) is 17.8. The Labute approximate surface area is 302 Å². The number of anilines is 3. The zero-order chi connectivity index (χ0) is 34.4. The molecule has 10 rings (SSSR count). The second-order valence-corrected chi connectivity index (χ2v) is 13.3. The number of hydrogen-bond donors (Lipinski definition) is 0. The molecule has 1 aromatic heterocycles. The fraction of sp³-hybridized carbons (Fsp3) is 0. The number of fused-ring (bicyclic) bond motifs is 6. The van der Waals surface area contributed by atoms with Crippen LogP contribution in [0.2, 0.25) is 0 Å². The summed E-state index contributed by atoms with van der Waals surface area (Å²) < 4.78 is 6.67. The third kappa shape index (κ3) is 5.04. The van der Waals surface area contributed by atoms with Crippen LogP contribution in [-0.2, 0) is 0 Å². The van der Waals surface area contributed by atoms with Crippen LogP contribution in [0.1, 0.15) is 0 Å². The molecule has 244 valence electrons. The minimum absolute atomic E-state index is 0.892. The first-order valence-electron chi connectivity index (χ1n) is 17.8. The molecule has 0 spiro atoms. The topological polar surface area (TPSA) is 16.4 Å². The van der Waals surface area contributed by atoms with E-state index in [4.69, 9.17) is 4.42 Å². The molecule has 9 aromatic carbocycles. The molecule has 0 unspecified atom stereocenters. The van der Waals surface area contributed by atoms with Crippen LogP contribution in [0.25, 0.3) is 76.9 Å². The molecule has 0 saturated heterocycles. The van der Waals surface area contributed by atoms with E-state index in [1.807, 2.05) is 0 Å². The summed E-state index contributed by atoms with van der Waals surface area (Å²) in [5, 5.41) is 7.00. The Bertz CT molecular complexity index is 2870.